The van der Waals surface area contributed by atoms with Crippen molar-refractivity contribution in [2.75, 3.05) is 0 Å². The van der Waals surface area contributed by atoms with Gasteiger partial charge in [0.1, 0.15) is 11.6 Å². The van der Waals surface area contributed by atoms with Crippen molar-refractivity contribution in [3.05, 3.63) is 0 Å². The highest BCUT2D eigenvalue weighted by Crippen LogP contribution is 2.15. The van der Waals surface area contributed by atoms with Crippen molar-refractivity contribution in [1.82, 2.24) is 10.6 Å². The molecule has 0 spiro atoms. The number of rotatable bonds is 3. The minimum atomic E-state index is -0.648. The minimum absolute atomic E-state index is 0.243. The molecule has 0 unspecified atom stereocenters. The summed E-state index contributed by atoms with van der Waals surface area (Å²) in [5.41, 5.74) is -0.549. The number of carbonyl (C=O) groups excluding carboxylic acids is 3. The third kappa shape index (κ3) is 4.05. The molecule has 0 bridgehead atoms. The van der Waals surface area contributed by atoms with E-state index in [1.807, 2.05) is 0 Å². The highest BCUT2D eigenvalue weighted by molar-refractivity contribution is 6.04. The van der Waals surface area contributed by atoms with Crippen LogP contribution in [0.15, 0.2) is 0 Å². The summed E-state index contributed by atoms with van der Waals surface area (Å²) in [6, 6.07) is -1.17. The molecule has 6 nitrogen and oxygen atoms in total. The molecule has 1 fully saturated rings. The molecule has 1 aliphatic rings. The van der Waals surface area contributed by atoms with Gasteiger partial charge in [0.25, 0.3) is 5.91 Å². The van der Waals surface area contributed by atoms with E-state index in [-0.39, 0.29) is 12.4 Å². The molecule has 6 heteroatoms. The smallest absolute Gasteiger partial charge is 0.322 e. The van der Waals surface area contributed by atoms with Crippen LogP contribution in [-0.4, -0.2) is 29.6 Å². The van der Waals surface area contributed by atoms with E-state index in [9.17, 15) is 14.4 Å². The van der Waals surface area contributed by atoms with Crippen molar-refractivity contribution in [3.63, 3.8) is 0 Å². The number of imide groups is 1. The van der Waals surface area contributed by atoms with Gasteiger partial charge in [0.2, 0.25) is 0 Å². The van der Waals surface area contributed by atoms with Gasteiger partial charge in [-0.2, -0.15) is 0 Å². The van der Waals surface area contributed by atoms with Crippen LogP contribution in [-0.2, 0) is 14.3 Å². The van der Waals surface area contributed by atoms with Crippen molar-refractivity contribution in [1.29, 1.82) is 0 Å². The van der Waals surface area contributed by atoms with E-state index < -0.39 is 29.5 Å². The van der Waals surface area contributed by atoms with Crippen LogP contribution < -0.4 is 10.6 Å². The first kappa shape index (κ1) is 13.5. The van der Waals surface area contributed by atoms with E-state index in [1.165, 1.54) is 0 Å². The second-order valence-electron chi connectivity index (χ2n) is 5.19. The fourth-order valence-electron chi connectivity index (χ4n) is 1.48. The highest BCUT2D eigenvalue weighted by Gasteiger charge is 2.33. The van der Waals surface area contributed by atoms with Gasteiger partial charge in [-0.1, -0.05) is 6.92 Å². The summed E-state index contributed by atoms with van der Waals surface area (Å²) < 4.78 is 5.19. The van der Waals surface area contributed by atoms with Crippen molar-refractivity contribution in [2.24, 2.45) is 5.92 Å². The molecule has 17 heavy (non-hydrogen) atoms. The zero-order valence-corrected chi connectivity index (χ0v) is 10.5. The Morgan fingerprint density at radius 1 is 1.41 bits per heavy atom. The lowest BCUT2D eigenvalue weighted by Crippen LogP contribution is -2.35. The van der Waals surface area contributed by atoms with Crippen LogP contribution >= 0.6 is 0 Å². The number of hydrogen-bond donors (Lipinski definition) is 2. The maximum Gasteiger partial charge on any atom is 0.322 e. The quantitative estimate of drug-likeness (QED) is 0.559. The lowest BCUT2D eigenvalue weighted by atomic mass is 10.0. The number of nitrogens with one attached hydrogen (secondary N) is 2. The Hall–Kier alpha value is -1.59. The van der Waals surface area contributed by atoms with E-state index in [4.69, 9.17) is 4.74 Å². The molecule has 0 aromatic rings. The Kier molecular flexibility index (Phi) is 3.75. The summed E-state index contributed by atoms with van der Waals surface area (Å²) in [4.78, 5) is 33.8. The van der Waals surface area contributed by atoms with Crippen molar-refractivity contribution in [2.45, 2.75) is 45.8 Å². The maximum absolute atomic E-state index is 11.7. The molecule has 0 aromatic carbocycles. The first-order chi connectivity index (χ1) is 7.69. The van der Waals surface area contributed by atoms with Gasteiger partial charge >= 0.3 is 12.0 Å². The maximum atomic E-state index is 11.7. The number of esters is 1. The molecule has 2 atom stereocenters. The highest BCUT2D eigenvalue weighted by atomic mass is 16.6. The van der Waals surface area contributed by atoms with E-state index in [1.54, 1.807) is 27.7 Å². The van der Waals surface area contributed by atoms with Gasteiger partial charge < -0.3 is 10.1 Å². The molecule has 3 amide bonds. The van der Waals surface area contributed by atoms with Gasteiger partial charge in [-0.05, 0) is 27.2 Å². The lowest BCUT2D eigenvalue weighted by molar-refractivity contribution is -0.159. The van der Waals surface area contributed by atoms with E-state index in [0.29, 0.717) is 0 Å². The largest absolute Gasteiger partial charge is 0.460 e. The molecule has 2 N–H and O–H groups in total. The number of hydrogen-bond acceptors (Lipinski definition) is 4. The zero-order valence-electron chi connectivity index (χ0n) is 10.5. The topological polar surface area (TPSA) is 84.5 Å². The van der Waals surface area contributed by atoms with Gasteiger partial charge in [-0.3, -0.25) is 14.9 Å². The third-order valence-electron chi connectivity index (χ3n) is 2.26. The summed E-state index contributed by atoms with van der Waals surface area (Å²) in [6.45, 7) is 7.01. The molecule has 0 saturated carbocycles. The third-order valence-corrected chi connectivity index (χ3v) is 2.26. The summed E-state index contributed by atoms with van der Waals surface area (Å²) in [5, 5.41) is 4.56. The summed E-state index contributed by atoms with van der Waals surface area (Å²) in [5.74, 6) is -1.21. The minimum Gasteiger partial charge on any atom is -0.460 e. The molecular weight excluding hydrogens is 224 g/mol. The van der Waals surface area contributed by atoms with Crippen LogP contribution in [0.5, 0.6) is 0 Å². The van der Waals surface area contributed by atoms with E-state index >= 15 is 0 Å². The second kappa shape index (κ2) is 4.73. The van der Waals surface area contributed by atoms with Crippen molar-refractivity contribution in [3.8, 4) is 0 Å². The fourth-order valence-corrected chi connectivity index (χ4v) is 1.48. The zero-order chi connectivity index (χ0) is 13.2. The van der Waals surface area contributed by atoms with Crippen LogP contribution in [0.4, 0.5) is 4.79 Å². The monoisotopic (exact) mass is 242 g/mol. The fraction of sp³-hybridized carbons (Fsp3) is 0.727. The Balaban J connectivity index is 2.49. The first-order valence-corrected chi connectivity index (χ1v) is 5.53. The number of urea groups is 1. The van der Waals surface area contributed by atoms with Crippen LogP contribution in [0.2, 0.25) is 0 Å². The first-order valence-electron chi connectivity index (χ1n) is 5.53. The predicted molar refractivity (Wildman–Crippen MR) is 60.1 cm³/mol. The van der Waals surface area contributed by atoms with Gasteiger partial charge in [0.15, 0.2) is 0 Å². The number of ether oxygens (including phenoxy) is 1. The predicted octanol–water partition coefficient (Wildman–Crippen LogP) is 0.562. The molecule has 1 aliphatic heterocycles. The molecular formula is C11H18N2O4. The second-order valence-corrected chi connectivity index (χ2v) is 5.19. The standard InChI is InChI=1S/C11H18N2O4/c1-6(9(15)17-11(2,3)4)5-7-8(14)13-10(16)12-7/h6-7H,5H2,1-4H3,(H2,12,13,14,16)/t6-,7+/m0/s1. The normalized spacial score (nSPS) is 21.8. The molecule has 1 saturated heterocycles. The summed E-state index contributed by atoms with van der Waals surface area (Å²) >= 11 is 0. The average molecular weight is 242 g/mol. The molecule has 1 rings (SSSR count). The van der Waals surface area contributed by atoms with Crippen LogP contribution in [0.25, 0.3) is 0 Å². The van der Waals surface area contributed by atoms with Crippen LogP contribution in [0.1, 0.15) is 34.1 Å². The number of amides is 3. The van der Waals surface area contributed by atoms with Crippen molar-refractivity contribution >= 4 is 17.9 Å². The van der Waals surface area contributed by atoms with Gasteiger partial charge in [-0.25, -0.2) is 4.79 Å². The van der Waals surface area contributed by atoms with Crippen LogP contribution in [0.3, 0.4) is 0 Å². The SMILES string of the molecule is C[C@@H](C[C@H]1NC(=O)NC1=O)C(=O)OC(C)(C)C. The van der Waals surface area contributed by atoms with Gasteiger partial charge in [0, 0.05) is 0 Å². The summed E-state index contributed by atoms with van der Waals surface area (Å²) in [6.07, 6.45) is 0.243. The Bertz CT molecular complexity index is 346. The van der Waals surface area contributed by atoms with Gasteiger partial charge in [-0.15, -0.1) is 0 Å². The molecule has 0 radical (unpaired) electrons. The van der Waals surface area contributed by atoms with Crippen molar-refractivity contribution < 1.29 is 19.1 Å². The van der Waals surface area contributed by atoms with E-state index in [0.717, 1.165) is 0 Å². The Morgan fingerprint density at radius 2 is 2.00 bits per heavy atom. The average Bonchev–Trinajstić information content (AvgIpc) is 2.42. The van der Waals surface area contributed by atoms with E-state index in [2.05, 4.69) is 10.6 Å². The number of carbonyl (C=O) groups is 3. The Labute approximate surface area is 100 Å². The molecule has 96 valence electrons. The molecule has 1 heterocycles. The molecule has 0 aromatic heterocycles. The Morgan fingerprint density at radius 3 is 2.41 bits per heavy atom. The molecule has 0 aliphatic carbocycles. The van der Waals surface area contributed by atoms with Crippen LogP contribution in [0, 0.1) is 5.92 Å². The summed E-state index contributed by atoms with van der Waals surface area (Å²) in [7, 11) is 0. The lowest BCUT2D eigenvalue weighted by Gasteiger charge is -2.22. The van der Waals surface area contributed by atoms with Gasteiger partial charge in [0.05, 0.1) is 5.92 Å².